The Balaban J connectivity index is 1.80. The average Bonchev–Trinajstić information content (AvgIpc) is 2.90. The number of thiophene rings is 1. The zero-order valence-electron chi connectivity index (χ0n) is 10.2. The van der Waals surface area contributed by atoms with Crippen LogP contribution in [-0.2, 0) is 17.8 Å². The summed E-state index contributed by atoms with van der Waals surface area (Å²) in [6.45, 7) is 2.20. The molecule has 2 rings (SSSR count). The molecule has 0 saturated heterocycles. The van der Waals surface area contributed by atoms with Gasteiger partial charge in [-0.15, -0.1) is 11.3 Å². The maximum atomic E-state index is 11.8. The second-order valence-corrected chi connectivity index (χ2v) is 5.22. The van der Waals surface area contributed by atoms with Crippen molar-refractivity contribution in [1.29, 1.82) is 0 Å². The third-order valence-electron chi connectivity index (χ3n) is 2.46. The van der Waals surface area contributed by atoms with Gasteiger partial charge in [0, 0.05) is 23.5 Å². The van der Waals surface area contributed by atoms with Gasteiger partial charge in [0.2, 0.25) is 5.91 Å². The molecule has 6 heteroatoms. The fourth-order valence-electron chi connectivity index (χ4n) is 1.71. The van der Waals surface area contributed by atoms with E-state index in [9.17, 15) is 4.79 Å². The van der Waals surface area contributed by atoms with Crippen molar-refractivity contribution in [1.82, 2.24) is 15.1 Å². The van der Waals surface area contributed by atoms with E-state index >= 15 is 0 Å². The molecule has 0 radical (unpaired) electrons. The minimum Gasteiger partial charge on any atom is -0.382 e. The van der Waals surface area contributed by atoms with Gasteiger partial charge in [0.1, 0.15) is 12.4 Å². The molecular weight excluding hydrogens is 248 g/mol. The molecule has 1 atom stereocenters. The molecule has 0 fully saturated rings. The number of nitrogen functional groups attached to an aromatic ring is 1. The Morgan fingerprint density at radius 3 is 3.06 bits per heavy atom. The van der Waals surface area contributed by atoms with Gasteiger partial charge < -0.3 is 11.1 Å². The first-order valence-corrected chi connectivity index (χ1v) is 6.62. The van der Waals surface area contributed by atoms with Gasteiger partial charge in [-0.05, 0) is 24.4 Å². The fraction of sp³-hybridized carbons (Fsp3) is 0.333. The third-order valence-corrected chi connectivity index (χ3v) is 3.36. The molecule has 0 aromatic carbocycles. The van der Waals surface area contributed by atoms with Gasteiger partial charge in [0.15, 0.2) is 0 Å². The summed E-state index contributed by atoms with van der Waals surface area (Å²) in [4.78, 5) is 13.0. The molecule has 1 unspecified atom stereocenters. The van der Waals surface area contributed by atoms with Gasteiger partial charge in [-0.2, -0.15) is 5.10 Å². The number of nitrogens with zero attached hydrogens (tertiary/aromatic N) is 2. The maximum Gasteiger partial charge on any atom is 0.241 e. The van der Waals surface area contributed by atoms with Crippen LogP contribution in [-0.4, -0.2) is 21.7 Å². The summed E-state index contributed by atoms with van der Waals surface area (Å²) in [5.41, 5.74) is 5.48. The Morgan fingerprint density at radius 1 is 1.61 bits per heavy atom. The number of hydrogen-bond acceptors (Lipinski definition) is 4. The number of carbonyl (C=O) groups is 1. The highest BCUT2D eigenvalue weighted by molar-refractivity contribution is 7.09. The van der Waals surface area contributed by atoms with E-state index in [1.165, 1.54) is 9.56 Å². The largest absolute Gasteiger partial charge is 0.382 e. The molecule has 5 nitrogen and oxygen atoms in total. The molecule has 0 bridgehead atoms. The molecule has 2 aromatic rings. The highest BCUT2D eigenvalue weighted by Crippen LogP contribution is 2.10. The van der Waals surface area contributed by atoms with Crippen LogP contribution in [0.1, 0.15) is 11.8 Å². The summed E-state index contributed by atoms with van der Waals surface area (Å²) >= 11 is 1.70. The van der Waals surface area contributed by atoms with Crippen molar-refractivity contribution in [2.45, 2.75) is 25.9 Å². The number of nitrogens with two attached hydrogens (primary N) is 1. The standard InChI is InChI=1S/C12H16N4OS/c1-9(7-10-3-2-6-18-10)14-12(17)8-16-5-4-11(13)15-16/h2-6,9H,7-8H2,1H3,(H2,13,15)(H,14,17). The molecule has 18 heavy (non-hydrogen) atoms. The average molecular weight is 264 g/mol. The molecule has 2 heterocycles. The van der Waals surface area contributed by atoms with Crippen molar-refractivity contribution in [3.63, 3.8) is 0 Å². The highest BCUT2D eigenvalue weighted by Gasteiger charge is 2.09. The summed E-state index contributed by atoms with van der Waals surface area (Å²) in [6, 6.07) is 5.87. The van der Waals surface area contributed by atoms with E-state index in [1.54, 1.807) is 23.6 Å². The van der Waals surface area contributed by atoms with Crippen molar-refractivity contribution >= 4 is 23.1 Å². The highest BCUT2D eigenvalue weighted by atomic mass is 32.1. The first-order valence-electron chi connectivity index (χ1n) is 5.74. The molecule has 1 amide bonds. The molecular formula is C12H16N4OS. The van der Waals surface area contributed by atoms with Gasteiger partial charge in [-0.25, -0.2) is 0 Å². The number of anilines is 1. The minimum absolute atomic E-state index is 0.0536. The quantitative estimate of drug-likeness (QED) is 0.854. The van der Waals surface area contributed by atoms with E-state index in [4.69, 9.17) is 5.73 Å². The van der Waals surface area contributed by atoms with Crippen molar-refractivity contribution in [2.75, 3.05) is 5.73 Å². The van der Waals surface area contributed by atoms with Gasteiger partial charge in [-0.1, -0.05) is 6.07 Å². The van der Waals surface area contributed by atoms with E-state index in [1.807, 2.05) is 18.4 Å². The van der Waals surface area contributed by atoms with E-state index in [0.717, 1.165) is 6.42 Å². The Labute approximate surface area is 110 Å². The van der Waals surface area contributed by atoms with Crippen molar-refractivity contribution in [2.24, 2.45) is 0 Å². The SMILES string of the molecule is CC(Cc1cccs1)NC(=O)Cn1ccc(N)n1. The van der Waals surface area contributed by atoms with E-state index in [-0.39, 0.29) is 18.5 Å². The Kier molecular flexibility index (Phi) is 3.99. The summed E-state index contributed by atoms with van der Waals surface area (Å²) in [7, 11) is 0. The van der Waals surface area contributed by atoms with Crippen LogP contribution in [0.25, 0.3) is 0 Å². The predicted molar refractivity (Wildman–Crippen MR) is 72.3 cm³/mol. The first kappa shape index (κ1) is 12.6. The lowest BCUT2D eigenvalue weighted by atomic mass is 10.2. The van der Waals surface area contributed by atoms with Crippen LogP contribution < -0.4 is 11.1 Å². The number of nitrogens with one attached hydrogen (secondary N) is 1. The molecule has 3 N–H and O–H groups in total. The van der Waals surface area contributed by atoms with Crippen molar-refractivity contribution in [3.8, 4) is 0 Å². The Morgan fingerprint density at radius 2 is 2.44 bits per heavy atom. The normalized spacial score (nSPS) is 12.3. The lowest BCUT2D eigenvalue weighted by molar-refractivity contribution is -0.122. The summed E-state index contributed by atoms with van der Waals surface area (Å²) < 4.78 is 1.53. The monoisotopic (exact) mass is 264 g/mol. The number of carbonyl (C=O) groups excluding carboxylic acids is 1. The third kappa shape index (κ3) is 3.59. The van der Waals surface area contributed by atoms with Gasteiger partial charge in [0.25, 0.3) is 0 Å². The van der Waals surface area contributed by atoms with Crippen molar-refractivity contribution < 1.29 is 4.79 Å². The topological polar surface area (TPSA) is 72.9 Å². The fourth-order valence-corrected chi connectivity index (χ4v) is 2.55. The van der Waals surface area contributed by atoms with Crippen LogP contribution in [0.2, 0.25) is 0 Å². The molecule has 0 aliphatic carbocycles. The lowest BCUT2D eigenvalue weighted by Gasteiger charge is -2.12. The van der Waals surface area contributed by atoms with Crippen LogP contribution in [0.5, 0.6) is 0 Å². The number of aromatic nitrogens is 2. The molecule has 0 saturated carbocycles. The smallest absolute Gasteiger partial charge is 0.241 e. The maximum absolute atomic E-state index is 11.8. The van der Waals surface area contributed by atoms with E-state index < -0.39 is 0 Å². The van der Waals surface area contributed by atoms with Crippen LogP contribution in [0.4, 0.5) is 5.82 Å². The van der Waals surface area contributed by atoms with Crippen LogP contribution in [0, 0.1) is 0 Å². The minimum atomic E-state index is -0.0536. The van der Waals surface area contributed by atoms with Crippen LogP contribution >= 0.6 is 11.3 Å². The van der Waals surface area contributed by atoms with Crippen molar-refractivity contribution in [3.05, 3.63) is 34.7 Å². The number of amides is 1. The molecule has 0 aliphatic heterocycles. The van der Waals surface area contributed by atoms with Gasteiger partial charge >= 0.3 is 0 Å². The zero-order valence-corrected chi connectivity index (χ0v) is 11.0. The second-order valence-electron chi connectivity index (χ2n) is 4.19. The predicted octanol–water partition coefficient (Wildman–Crippen LogP) is 1.27. The molecule has 0 aliphatic rings. The Hall–Kier alpha value is -1.82. The summed E-state index contributed by atoms with van der Waals surface area (Å²) in [5, 5.41) is 8.95. The lowest BCUT2D eigenvalue weighted by Crippen LogP contribution is -2.36. The molecule has 0 spiro atoms. The van der Waals surface area contributed by atoms with Crippen LogP contribution in [0.3, 0.4) is 0 Å². The number of rotatable bonds is 5. The zero-order chi connectivity index (χ0) is 13.0. The first-order chi connectivity index (χ1) is 8.63. The summed E-state index contributed by atoms with van der Waals surface area (Å²) in [6.07, 6.45) is 2.55. The summed E-state index contributed by atoms with van der Waals surface area (Å²) in [5.74, 6) is 0.372. The van der Waals surface area contributed by atoms with E-state index in [0.29, 0.717) is 5.82 Å². The van der Waals surface area contributed by atoms with Crippen LogP contribution in [0.15, 0.2) is 29.8 Å². The van der Waals surface area contributed by atoms with Gasteiger partial charge in [0.05, 0.1) is 0 Å². The second kappa shape index (κ2) is 5.68. The Bertz CT molecular complexity index is 506. The number of hydrogen-bond donors (Lipinski definition) is 2. The molecule has 96 valence electrons. The van der Waals surface area contributed by atoms with E-state index in [2.05, 4.69) is 16.5 Å². The van der Waals surface area contributed by atoms with Gasteiger partial charge in [-0.3, -0.25) is 9.48 Å². The molecule has 2 aromatic heterocycles.